The molecule has 2 amide bonds. The lowest BCUT2D eigenvalue weighted by Crippen LogP contribution is -2.47. The zero-order valence-corrected chi connectivity index (χ0v) is 10.5. The number of rotatable bonds is 3. The Kier molecular flexibility index (Phi) is 4.23. The summed E-state index contributed by atoms with van der Waals surface area (Å²) in [5, 5.41) is 3.59. The third kappa shape index (κ3) is 3.33. The van der Waals surface area contributed by atoms with Crippen LogP contribution >= 0.6 is 0 Å². The summed E-state index contributed by atoms with van der Waals surface area (Å²) >= 11 is 0. The van der Waals surface area contributed by atoms with E-state index in [1.54, 1.807) is 4.90 Å². The Morgan fingerprint density at radius 1 is 1.41 bits per heavy atom. The summed E-state index contributed by atoms with van der Waals surface area (Å²) in [4.78, 5) is 12.7. The normalized spacial score (nSPS) is 30.8. The number of hydrogen-bond donors (Lipinski definition) is 2. The fourth-order valence-corrected chi connectivity index (χ4v) is 2.67. The van der Waals surface area contributed by atoms with Crippen LogP contribution in [-0.4, -0.2) is 49.3 Å². The maximum Gasteiger partial charge on any atom is 0.314 e. The number of urea groups is 1. The summed E-state index contributed by atoms with van der Waals surface area (Å²) in [5.74, 6) is 0.643. The fraction of sp³-hybridized carbons (Fsp3) is 0.917. The molecule has 2 rings (SSSR count). The van der Waals surface area contributed by atoms with Crippen LogP contribution in [0.3, 0.4) is 0 Å². The Balaban J connectivity index is 1.66. The Morgan fingerprint density at radius 3 is 2.65 bits per heavy atom. The summed E-state index contributed by atoms with van der Waals surface area (Å²) in [6, 6.07) is 0.236. The molecule has 2 aliphatic heterocycles. The van der Waals surface area contributed by atoms with Crippen molar-refractivity contribution in [2.24, 2.45) is 11.7 Å². The predicted molar refractivity (Wildman–Crippen MR) is 65.7 cm³/mol. The minimum absolute atomic E-state index is 0.290. The average Bonchev–Trinajstić information content (AvgIpc) is 2.73. The van der Waals surface area contributed by atoms with Gasteiger partial charge >= 0.3 is 6.03 Å². The minimum Gasteiger partial charge on any atom is -0.378 e. The summed E-state index contributed by atoms with van der Waals surface area (Å²) in [7, 11) is 0. The molecule has 3 N–H and O–H groups in total. The van der Waals surface area contributed by atoms with E-state index in [0.29, 0.717) is 18.1 Å². The molecule has 5 nitrogen and oxygen atoms in total. The molecule has 2 aliphatic rings. The predicted octanol–water partition coefficient (Wildman–Crippen LogP) is 0.544. The number of nitrogens with zero attached hydrogens (tertiary/aromatic N) is 1. The van der Waals surface area contributed by atoms with Crippen molar-refractivity contribution < 1.29 is 9.53 Å². The lowest BCUT2D eigenvalue weighted by atomic mass is 10.0. The van der Waals surface area contributed by atoms with Crippen LogP contribution in [0.4, 0.5) is 4.79 Å². The van der Waals surface area contributed by atoms with E-state index in [-0.39, 0.29) is 6.03 Å². The third-order valence-corrected chi connectivity index (χ3v) is 4.01. The molecule has 0 bridgehead atoms. The van der Waals surface area contributed by atoms with Gasteiger partial charge in [-0.05, 0) is 32.1 Å². The SMILES string of the molecule is CC1OCCC1CNC1CCN(C(N)=O)CC1. The van der Waals surface area contributed by atoms with E-state index in [1.807, 2.05) is 0 Å². The van der Waals surface area contributed by atoms with Gasteiger partial charge in [0.1, 0.15) is 0 Å². The van der Waals surface area contributed by atoms with Crippen LogP contribution in [0.2, 0.25) is 0 Å². The van der Waals surface area contributed by atoms with E-state index >= 15 is 0 Å². The van der Waals surface area contributed by atoms with Gasteiger partial charge in [0.2, 0.25) is 0 Å². The average molecular weight is 241 g/mol. The first-order valence-corrected chi connectivity index (χ1v) is 6.56. The Hall–Kier alpha value is -0.810. The summed E-state index contributed by atoms with van der Waals surface area (Å²) in [6.07, 6.45) is 3.55. The first kappa shape index (κ1) is 12.6. The van der Waals surface area contributed by atoms with Gasteiger partial charge in [0, 0.05) is 32.3 Å². The van der Waals surface area contributed by atoms with Crippen LogP contribution in [0.15, 0.2) is 0 Å². The number of nitrogens with one attached hydrogen (secondary N) is 1. The zero-order valence-electron chi connectivity index (χ0n) is 10.5. The highest BCUT2D eigenvalue weighted by Gasteiger charge is 2.26. The smallest absolute Gasteiger partial charge is 0.314 e. The van der Waals surface area contributed by atoms with Gasteiger partial charge in [0.15, 0.2) is 0 Å². The maximum absolute atomic E-state index is 11.0. The fourth-order valence-electron chi connectivity index (χ4n) is 2.67. The molecule has 2 unspecified atom stereocenters. The molecule has 0 aliphatic carbocycles. The molecule has 2 heterocycles. The number of amides is 2. The Labute approximate surface area is 103 Å². The molecule has 0 radical (unpaired) electrons. The van der Waals surface area contributed by atoms with E-state index in [0.717, 1.165) is 45.5 Å². The van der Waals surface area contributed by atoms with E-state index < -0.39 is 0 Å². The van der Waals surface area contributed by atoms with E-state index in [9.17, 15) is 4.79 Å². The number of primary amides is 1. The quantitative estimate of drug-likeness (QED) is 0.758. The van der Waals surface area contributed by atoms with Crippen molar-refractivity contribution in [3.63, 3.8) is 0 Å². The van der Waals surface area contributed by atoms with Crippen molar-refractivity contribution in [2.45, 2.75) is 38.3 Å². The summed E-state index contributed by atoms with van der Waals surface area (Å²) in [5.41, 5.74) is 5.25. The van der Waals surface area contributed by atoms with Crippen LogP contribution < -0.4 is 11.1 Å². The van der Waals surface area contributed by atoms with E-state index in [1.165, 1.54) is 0 Å². The molecule has 2 saturated heterocycles. The second kappa shape index (κ2) is 5.69. The lowest BCUT2D eigenvalue weighted by molar-refractivity contribution is 0.104. The molecule has 0 aromatic carbocycles. The van der Waals surface area contributed by atoms with Crippen molar-refractivity contribution in [3.05, 3.63) is 0 Å². The summed E-state index contributed by atoms with van der Waals surface area (Å²) < 4.78 is 5.54. The monoisotopic (exact) mass is 241 g/mol. The van der Waals surface area contributed by atoms with Gasteiger partial charge in [0.25, 0.3) is 0 Å². The van der Waals surface area contributed by atoms with Crippen molar-refractivity contribution >= 4 is 6.03 Å². The van der Waals surface area contributed by atoms with Crippen LogP contribution in [-0.2, 0) is 4.74 Å². The first-order chi connectivity index (χ1) is 8.16. The number of ether oxygens (including phenoxy) is 1. The molecular weight excluding hydrogens is 218 g/mol. The Morgan fingerprint density at radius 2 is 2.12 bits per heavy atom. The molecule has 2 fully saturated rings. The molecule has 98 valence electrons. The van der Waals surface area contributed by atoms with Gasteiger partial charge < -0.3 is 20.7 Å². The van der Waals surface area contributed by atoms with Gasteiger partial charge in [-0.2, -0.15) is 0 Å². The van der Waals surface area contributed by atoms with Gasteiger partial charge in [-0.3, -0.25) is 0 Å². The first-order valence-electron chi connectivity index (χ1n) is 6.56. The molecule has 17 heavy (non-hydrogen) atoms. The van der Waals surface area contributed by atoms with Crippen molar-refractivity contribution in [3.8, 4) is 0 Å². The van der Waals surface area contributed by atoms with Gasteiger partial charge in [0.05, 0.1) is 6.10 Å². The highest BCUT2D eigenvalue weighted by atomic mass is 16.5. The van der Waals surface area contributed by atoms with Crippen LogP contribution in [0.25, 0.3) is 0 Å². The number of carbonyl (C=O) groups excluding carboxylic acids is 1. The number of hydrogen-bond acceptors (Lipinski definition) is 3. The number of carbonyl (C=O) groups is 1. The molecule has 0 saturated carbocycles. The molecule has 5 heteroatoms. The van der Waals surface area contributed by atoms with E-state index in [4.69, 9.17) is 10.5 Å². The molecule has 2 atom stereocenters. The number of piperidine rings is 1. The number of nitrogens with two attached hydrogens (primary N) is 1. The summed E-state index contributed by atoms with van der Waals surface area (Å²) in [6.45, 7) is 5.64. The Bertz CT molecular complexity index is 264. The second-order valence-electron chi connectivity index (χ2n) is 5.13. The van der Waals surface area contributed by atoms with Gasteiger partial charge in [-0.15, -0.1) is 0 Å². The van der Waals surface area contributed by atoms with Crippen LogP contribution in [0.1, 0.15) is 26.2 Å². The third-order valence-electron chi connectivity index (χ3n) is 4.01. The molecule has 0 spiro atoms. The minimum atomic E-state index is -0.290. The van der Waals surface area contributed by atoms with Crippen molar-refractivity contribution in [1.82, 2.24) is 10.2 Å². The van der Waals surface area contributed by atoms with Gasteiger partial charge in [-0.1, -0.05) is 0 Å². The highest BCUT2D eigenvalue weighted by Crippen LogP contribution is 2.20. The second-order valence-corrected chi connectivity index (χ2v) is 5.13. The maximum atomic E-state index is 11.0. The van der Waals surface area contributed by atoms with E-state index in [2.05, 4.69) is 12.2 Å². The largest absolute Gasteiger partial charge is 0.378 e. The zero-order chi connectivity index (χ0) is 12.3. The molecular formula is C12H23N3O2. The highest BCUT2D eigenvalue weighted by molar-refractivity contribution is 5.72. The molecule has 0 aromatic heterocycles. The standard InChI is InChI=1S/C12H23N3O2/c1-9-10(4-7-17-9)8-14-11-2-5-15(6-3-11)12(13)16/h9-11,14H,2-8H2,1H3,(H2,13,16). The van der Waals surface area contributed by atoms with Gasteiger partial charge in [-0.25, -0.2) is 4.79 Å². The topological polar surface area (TPSA) is 67.6 Å². The van der Waals surface area contributed by atoms with Crippen LogP contribution in [0, 0.1) is 5.92 Å². The van der Waals surface area contributed by atoms with Crippen molar-refractivity contribution in [2.75, 3.05) is 26.2 Å². The lowest BCUT2D eigenvalue weighted by Gasteiger charge is -2.32. The van der Waals surface area contributed by atoms with Crippen molar-refractivity contribution in [1.29, 1.82) is 0 Å². The molecule has 0 aromatic rings. The number of likely N-dealkylation sites (tertiary alicyclic amines) is 1. The van der Waals surface area contributed by atoms with Crippen LogP contribution in [0.5, 0.6) is 0 Å².